The van der Waals surface area contributed by atoms with E-state index in [9.17, 15) is 0 Å². The number of rotatable bonds is 2. The Hall–Kier alpha value is 0.130. The molecule has 2 N–H and O–H groups in total. The fourth-order valence-electron chi connectivity index (χ4n) is 1.05. The molecular formula is C7H12Cl2N2OS. The molecule has 1 fully saturated rings. The summed E-state index contributed by atoms with van der Waals surface area (Å²) in [5.41, 5.74) is 0. The quantitative estimate of drug-likeness (QED) is 0.819. The molecular weight excluding hydrogens is 231 g/mol. The van der Waals surface area contributed by atoms with Crippen LogP contribution in [0.3, 0.4) is 0 Å². The molecule has 1 aromatic heterocycles. The van der Waals surface area contributed by atoms with Crippen LogP contribution in [0.1, 0.15) is 15.8 Å². The van der Waals surface area contributed by atoms with Crippen molar-refractivity contribution in [2.24, 2.45) is 0 Å². The molecule has 0 saturated carbocycles. The Morgan fingerprint density at radius 2 is 2.23 bits per heavy atom. The van der Waals surface area contributed by atoms with Crippen molar-refractivity contribution in [1.82, 2.24) is 10.3 Å². The Bertz CT molecular complexity index is 252. The highest BCUT2D eigenvalue weighted by molar-refractivity contribution is 7.11. The molecule has 0 aliphatic carbocycles. The van der Waals surface area contributed by atoms with Gasteiger partial charge < -0.3 is 10.4 Å². The van der Waals surface area contributed by atoms with Gasteiger partial charge in [-0.25, -0.2) is 4.98 Å². The summed E-state index contributed by atoms with van der Waals surface area (Å²) in [7, 11) is 0. The molecule has 0 amide bonds. The molecule has 0 bridgehead atoms. The van der Waals surface area contributed by atoms with Crippen LogP contribution in [0.25, 0.3) is 0 Å². The molecule has 0 radical (unpaired) electrons. The van der Waals surface area contributed by atoms with Crippen LogP contribution in [0.4, 0.5) is 0 Å². The largest absolute Gasteiger partial charge is 0.391 e. The first-order chi connectivity index (χ1) is 5.40. The van der Waals surface area contributed by atoms with E-state index in [0.717, 1.165) is 23.0 Å². The van der Waals surface area contributed by atoms with E-state index in [2.05, 4.69) is 10.3 Å². The Morgan fingerprint density at radius 3 is 2.62 bits per heavy atom. The predicted octanol–water partition coefficient (Wildman–Crippen LogP) is 1.17. The van der Waals surface area contributed by atoms with Crippen molar-refractivity contribution in [3.05, 3.63) is 16.1 Å². The van der Waals surface area contributed by atoms with E-state index in [1.807, 2.05) is 0 Å². The van der Waals surface area contributed by atoms with Crippen LogP contribution < -0.4 is 5.32 Å². The summed E-state index contributed by atoms with van der Waals surface area (Å²) in [5.74, 6) is 0.597. The molecule has 2 heterocycles. The van der Waals surface area contributed by atoms with Crippen LogP contribution in [0.15, 0.2) is 6.20 Å². The third-order valence-electron chi connectivity index (χ3n) is 1.86. The highest BCUT2D eigenvalue weighted by atomic mass is 35.5. The zero-order chi connectivity index (χ0) is 7.68. The van der Waals surface area contributed by atoms with Crippen LogP contribution in [-0.4, -0.2) is 23.2 Å². The third kappa shape index (κ3) is 2.79. The van der Waals surface area contributed by atoms with Gasteiger partial charge >= 0.3 is 0 Å². The van der Waals surface area contributed by atoms with Crippen LogP contribution in [-0.2, 0) is 6.61 Å². The van der Waals surface area contributed by atoms with Gasteiger partial charge in [-0.1, -0.05) is 0 Å². The maximum Gasteiger partial charge on any atom is 0.0984 e. The lowest BCUT2D eigenvalue weighted by Crippen LogP contribution is -2.39. The van der Waals surface area contributed by atoms with Crippen molar-refractivity contribution in [3.63, 3.8) is 0 Å². The molecule has 0 unspecified atom stereocenters. The molecule has 1 aromatic rings. The van der Waals surface area contributed by atoms with Gasteiger partial charge in [0.25, 0.3) is 0 Å². The Morgan fingerprint density at radius 1 is 1.54 bits per heavy atom. The van der Waals surface area contributed by atoms with Crippen molar-refractivity contribution in [2.75, 3.05) is 13.1 Å². The SMILES string of the molecule is Cl.Cl.OCc1cnc(C2CNC2)s1. The zero-order valence-corrected chi connectivity index (χ0v) is 9.34. The van der Waals surface area contributed by atoms with Crippen LogP contribution >= 0.6 is 36.2 Å². The van der Waals surface area contributed by atoms with Gasteiger partial charge in [-0.3, -0.25) is 0 Å². The Labute approximate surface area is 93.4 Å². The van der Waals surface area contributed by atoms with Crippen molar-refractivity contribution < 1.29 is 5.11 Å². The van der Waals surface area contributed by atoms with Crippen LogP contribution in [0.5, 0.6) is 0 Å². The van der Waals surface area contributed by atoms with Gasteiger partial charge in [0.05, 0.1) is 16.5 Å². The average Bonchev–Trinajstić information content (AvgIpc) is 2.32. The molecule has 1 saturated heterocycles. The van der Waals surface area contributed by atoms with E-state index >= 15 is 0 Å². The summed E-state index contributed by atoms with van der Waals surface area (Å²) in [6.45, 7) is 2.20. The lowest BCUT2D eigenvalue weighted by molar-refractivity contribution is 0.285. The van der Waals surface area contributed by atoms with Gasteiger partial charge in [0, 0.05) is 25.2 Å². The van der Waals surface area contributed by atoms with Crippen molar-refractivity contribution in [2.45, 2.75) is 12.5 Å². The summed E-state index contributed by atoms with van der Waals surface area (Å²) < 4.78 is 0. The molecule has 1 aliphatic rings. The molecule has 6 heteroatoms. The molecule has 2 rings (SSSR count). The normalized spacial score (nSPS) is 15.5. The predicted molar refractivity (Wildman–Crippen MR) is 58.1 cm³/mol. The van der Waals surface area contributed by atoms with E-state index < -0.39 is 0 Å². The van der Waals surface area contributed by atoms with Gasteiger partial charge in [0.2, 0.25) is 0 Å². The molecule has 13 heavy (non-hydrogen) atoms. The Balaban J connectivity index is 0.000000720. The summed E-state index contributed by atoms with van der Waals surface area (Å²) in [6.07, 6.45) is 1.76. The van der Waals surface area contributed by atoms with Gasteiger partial charge in [-0.05, 0) is 0 Å². The van der Waals surface area contributed by atoms with Crippen LogP contribution in [0.2, 0.25) is 0 Å². The smallest absolute Gasteiger partial charge is 0.0984 e. The minimum absolute atomic E-state index is 0. The highest BCUT2D eigenvalue weighted by Gasteiger charge is 2.21. The van der Waals surface area contributed by atoms with Crippen LogP contribution in [0, 0.1) is 0 Å². The number of aromatic nitrogens is 1. The highest BCUT2D eigenvalue weighted by Crippen LogP contribution is 2.24. The number of halogens is 2. The van der Waals surface area contributed by atoms with E-state index in [4.69, 9.17) is 5.11 Å². The van der Waals surface area contributed by atoms with Gasteiger partial charge in [0.15, 0.2) is 0 Å². The molecule has 3 nitrogen and oxygen atoms in total. The topological polar surface area (TPSA) is 45.2 Å². The van der Waals surface area contributed by atoms with E-state index in [0.29, 0.717) is 5.92 Å². The third-order valence-corrected chi connectivity index (χ3v) is 3.00. The van der Waals surface area contributed by atoms with E-state index in [-0.39, 0.29) is 31.4 Å². The maximum atomic E-state index is 8.78. The Kier molecular flexibility index (Phi) is 5.83. The first-order valence-corrected chi connectivity index (χ1v) is 4.48. The standard InChI is InChI=1S/C7H10N2OS.2ClH/c10-4-6-3-9-7(11-6)5-1-8-2-5;;/h3,5,8,10H,1-2,4H2;2*1H. The number of nitrogens with one attached hydrogen (secondary N) is 1. The van der Waals surface area contributed by atoms with Gasteiger partial charge in [-0.15, -0.1) is 36.2 Å². The molecule has 76 valence electrons. The summed E-state index contributed by atoms with van der Waals surface area (Å²) in [6, 6.07) is 0. The summed E-state index contributed by atoms with van der Waals surface area (Å²) in [4.78, 5) is 5.19. The van der Waals surface area contributed by atoms with E-state index in [1.54, 1.807) is 17.5 Å². The van der Waals surface area contributed by atoms with Crippen molar-refractivity contribution in [1.29, 1.82) is 0 Å². The zero-order valence-electron chi connectivity index (χ0n) is 6.90. The minimum Gasteiger partial charge on any atom is -0.391 e. The monoisotopic (exact) mass is 242 g/mol. The maximum absolute atomic E-state index is 8.78. The first kappa shape index (κ1) is 13.1. The van der Waals surface area contributed by atoms with Gasteiger partial charge in [-0.2, -0.15) is 0 Å². The lowest BCUT2D eigenvalue weighted by atomic mass is 10.1. The molecule has 0 atom stereocenters. The molecule has 1 aliphatic heterocycles. The second-order valence-corrected chi connectivity index (χ2v) is 3.82. The number of aliphatic hydroxyl groups excluding tert-OH is 1. The molecule has 0 aromatic carbocycles. The average molecular weight is 243 g/mol. The summed E-state index contributed by atoms with van der Waals surface area (Å²) in [5, 5.41) is 13.1. The summed E-state index contributed by atoms with van der Waals surface area (Å²) >= 11 is 1.62. The van der Waals surface area contributed by atoms with Crippen molar-refractivity contribution >= 4 is 36.2 Å². The number of hydrogen-bond acceptors (Lipinski definition) is 4. The number of aliphatic hydroxyl groups is 1. The fraction of sp³-hybridized carbons (Fsp3) is 0.571. The lowest BCUT2D eigenvalue weighted by Gasteiger charge is -2.24. The number of thiazole rings is 1. The minimum atomic E-state index is 0. The molecule has 0 spiro atoms. The van der Waals surface area contributed by atoms with Crippen molar-refractivity contribution in [3.8, 4) is 0 Å². The van der Waals surface area contributed by atoms with Gasteiger partial charge in [0.1, 0.15) is 0 Å². The number of nitrogens with zero attached hydrogens (tertiary/aromatic N) is 1. The fourth-order valence-corrected chi connectivity index (χ4v) is 1.93. The van der Waals surface area contributed by atoms with E-state index in [1.165, 1.54) is 0 Å². The number of hydrogen-bond donors (Lipinski definition) is 2. The second kappa shape index (κ2) is 5.78. The first-order valence-electron chi connectivity index (χ1n) is 3.66. The second-order valence-electron chi connectivity index (χ2n) is 2.68.